The highest BCUT2D eigenvalue weighted by molar-refractivity contribution is 5.96. The molecule has 2 heterocycles. The Morgan fingerprint density at radius 1 is 1.29 bits per heavy atom. The molecular formula is C16H21NO4. The molecule has 1 N–H and O–H groups in total. The van der Waals surface area contributed by atoms with E-state index in [4.69, 9.17) is 4.42 Å². The summed E-state index contributed by atoms with van der Waals surface area (Å²) in [4.78, 5) is 26.0. The first kappa shape index (κ1) is 14.2. The maximum absolute atomic E-state index is 12.8. The van der Waals surface area contributed by atoms with Crippen LogP contribution in [-0.2, 0) is 4.79 Å². The molecular weight excluding hydrogens is 270 g/mol. The zero-order valence-electron chi connectivity index (χ0n) is 12.5. The zero-order valence-corrected chi connectivity index (χ0v) is 12.5. The predicted molar refractivity (Wildman–Crippen MR) is 76.1 cm³/mol. The number of carbonyl (C=O) groups excluding carboxylic acids is 1. The number of rotatable bonds is 2. The van der Waals surface area contributed by atoms with Crippen molar-refractivity contribution in [3.63, 3.8) is 0 Å². The molecule has 1 saturated carbocycles. The van der Waals surface area contributed by atoms with Gasteiger partial charge in [0.2, 0.25) is 0 Å². The Morgan fingerprint density at radius 3 is 2.62 bits per heavy atom. The molecule has 1 saturated heterocycles. The first-order chi connectivity index (χ1) is 9.99. The molecule has 1 aliphatic heterocycles. The normalized spacial score (nSPS) is 28.5. The van der Waals surface area contributed by atoms with Crippen molar-refractivity contribution in [1.82, 2.24) is 4.90 Å². The Hall–Kier alpha value is -1.78. The van der Waals surface area contributed by atoms with Crippen LogP contribution in [0.25, 0.3) is 0 Å². The summed E-state index contributed by atoms with van der Waals surface area (Å²) in [6, 6.07) is 1.16. The molecule has 5 nitrogen and oxygen atoms in total. The fourth-order valence-electron chi connectivity index (χ4n) is 3.94. The molecule has 2 fully saturated rings. The second-order valence-corrected chi connectivity index (χ2v) is 6.28. The Morgan fingerprint density at radius 2 is 2.00 bits per heavy atom. The molecule has 1 aromatic rings. The van der Waals surface area contributed by atoms with Crippen LogP contribution in [0.1, 0.15) is 54.0 Å². The molecule has 1 amide bonds. The maximum Gasteiger partial charge on any atom is 0.326 e. The van der Waals surface area contributed by atoms with Crippen molar-refractivity contribution < 1.29 is 19.1 Å². The number of fused-ring (bicyclic) bond motifs is 1. The van der Waals surface area contributed by atoms with Gasteiger partial charge in [-0.25, -0.2) is 4.79 Å². The van der Waals surface area contributed by atoms with E-state index in [1.165, 1.54) is 0 Å². The number of carboxylic acid groups (broad SMARTS) is 1. The minimum atomic E-state index is -0.904. The molecule has 114 valence electrons. The van der Waals surface area contributed by atoms with Gasteiger partial charge < -0.3 is 14.4 Å². The first-order valence-electron chi connectivity index (χ1n) is 7.61. The zero-order chi connectivity index (χ0) is 15.1. The Bertz CT molecular complexity index is 577. The topological polar surface area (TPSA) is 70.8 Å². The first-order valence-corrected chi connectivity index (χ1v) is 7.61. The van der Waals surface area contributed by atoms with E-state index in [0.29, 0.717) is 23.9 Å². The van der Waals surface area contributed by atoms with E-state index < -0.39 is 12.0 Å². The number of nitrogens with zero attached hydrogens (tertiary/aromatic N) is 1. The van der Waals surface area contributed by atoms with Gasteiger partial charge in [-0.3, -0.25) is 4.79 Å². The lowest BCUT2D eigenvalue weighted by atomic mass is 9.84. The molecule has 1 aliphatic carbocycles. The smallest absolute Gasteiger partial charge is 0.326 e. The maximum atomic E-state index is 12.8. The summed E-state index contributed by atoms with van der Waals surface area (Å²) in [7, 11) is 0. The SMILES string of the molecule is Cc1cc(C)c(C(=O)N2[C@@H]3CCCC[C@@H]3C[C@H]2C(=O)O)o1. The number of amides is 1. The molecule has 1 aromatic heterocycles. The summed E-state index contributed by atoms with van der Waals surface area (Å²) >= 11 is 0. The summed E-state index contributed by atoms with van der Waals surface area (Å²) in [5, 5.41) is 9.48. The average Bonchev–Trinajstić information content (AvgIpc) is 2.98. The van der Waals surface area contributed by atoms with Crippen molar-refractivity contribution in [1.29, 1.82) is 0 Å². The highest BCUT2D eigenvalue weighted by Crippen LogP contribution is 2.40. The van der Waals surface area contributed by atoms with Crippen molar-refractivity contribution in [3.8, 4) is 0 Å². The van der Waals surface area contributed by atoms with Crippen LogP contribution in [0, 0.1) is 19.8 Å². The van der Waals surface area contributed by atoms with E-state index in [2.05, 4.69) is 0 Å². The number of carbonyl (C=O) groups is 2. The lowest BCUT2D eigenvalue weighted by Gasteiger charge is -2.32. The van der Waals surface area contributed by atoms with E-state index in [0.717, 1.165) is 31.2 Å². The number of furan rings is 1. The van der Waals surface area contributed by atoms with Gasteiger partial charge >= 0.3 is 5.97 Å². The van der Waals surface area contributed by atoms with E-state index in [-0.39, 0.29) is 11.9 Å². The summed E-state index contributed by atoms with van der Waals surface area (Å²) in [5.74, 6) is 0.133. The summed E-state index contributed by atoms with van der Waals surface area (Å²) < 4.78 is 5.51. The third kappa shape index (κ3) is 2.34. The fraction of sp³-hybridized carbons (Fsp3) is 0.625. The van der Waals surface area contributed by atoms with E-state index in [1.807, 2.05) is 13.0 Å². The van der Waals surface area contributed by atoms with Crippen molar-refractivity contribution in [2.45, 2.75) is 58.0 Å². The van der Waals surface area contributed by atoms with Crippen molar-refractivity contribution in [2.24, 2.45) is 5.92 Å². The van der Waals surface area contributed by atoms with Crippen LogP contribution in [0.5, 0.6) is 0 Å². The molecule has 0 bridgehead atoms. The molecule has 3 rings (SSSR count). The molecule has 0 unspecified atom stereocenters. The van der Waals surface area contributed by atoms with Crippen LogP contribution in [0.4, 0.5) is 0 Å². The molecule has 0 aromatic carbocycles. The van der Waals surface area contributed by atoms with Crippen molar-refractivity contribution in [3.05, 3.63) is 23.2 Å². The number of hydrogen-bond acceptors (Lipinski definition) is 3. The molecule has 3 atom stereocenters. The fourth-order valence-corrected chi connectivity index (χ4v) is 3.94. The van der Waals surface area contributed by atoms with Crippen LogP contribution in [0.15, 0.2) is 10.5 Å². The third-order valence-electron chi connectivity index (χ3n) is 4.84. The van der Waals surface area contributed by atoms with Gasteiger partial charge in [-0.1, -0.05) is 12.8 Å². The minimum Gasteiger partial charge on any atom is -0.480 e. The summed E-state index contributed by atoms with van der Waals surface area (Å²) in [6.45, 7) is 3.62. The number of hydrogen-bond donors (Lipinski definition) is 1. The predicted octanol–water partition coefficient (Wildman–Crippen LogP) is 2.75. The highest BCUT2D eigenvalue weighted by atomic mass is 16.4. The largest absolute Gasteiger partial charge is 0.480 e. The number of aliphatic carboxylic acids is 1. The second kappa shape index (κ2) is 5.20. The lowest BCUT2D eigenvalue weighted by molar-refractivity contribution is -0.141. The number of aryl methyl sites for hydroxylation is 2. The van der Waals surface area contributed by atoms with E-state index in [1.54, 1.807) is 11.8 Å². The lowest BCUT2D eigenvalue weighted by Crippen LogP contribution is -2.46. The van der Waals surface area contributed by atoms with Gasteiger partial charge in [-0.2, -0.15) is 0 Å². The average molecular weight is 291 g/mol. The molecule has 0 spiro atoms. The van der Waals surface area contributed by atoms with Crippen LogP contribution in [-0.4, -0.2) is 34.0 Å². The Labute approximate surface area is 123 Å². The van der Waals surface area contributed by atoms with Crippen molar-refractivity contribution >= 4 is 11.9 Å². The van der Waals surface area contributed by atoms with Crippen molar-refractivity contribution in [2.75, 3.05) is 0 Å². The Balaban J connectivity index is 1.94. The monoisotopic (exact) mass is 291 g/mol. The van der Waals surface area contributed by atoms with Crippen LogP contribution < -0.4 is 0 Å². The van der Waals surface area contributed by atoms with Crippen LogP contribution in [0.3, 0.4) is 0 Å². The van der Waals surface area contributed by atoms with Crippen LogP contribution >= 0.6 is 0 Å². The second-order valence-electron chi connectivity index (χ2n) is 6.28. The van der Waals surface area contributed by atoms with E-state index in [9.17, 15) is 14.7 Å². The summed E-state index contributed by atoms with van der Waals surface area (Å²) in [6.07, 6.45) is 4.69. The van der Waals surface area contributed by atoms with Gasteiger partial charge in [0.25, 0.3) is 5.91 Å². The van der Waals surface area contributed by atoms with Gasteiger partial charge in [-0.05, 0) is 45.1 Å². The molecule has 5 heteroatoms. The van der Waals surface area contributed by atoms with Gasteiger partial charge in [-0.15, -0.1) is 0 Å². The molecule has 0 radical (unpaired) electrons. The van der Waals surface area contributed by atoms with Gasteiger partial charge in [0, 0.05) is 11.6 Å². The minimum absolute atomic E-state index is 0.0529. The third-order valence-corrected chi connectivity index (χ3v) is 4.84. The Kier molecular flexibility index (Phi) is 3.51. The van der Waals surface area contributed by atoms with E-state index >= 15 is 0 Å². The summed E-state index contributed by atoms with van der Waals surface area (Å²) in [5.41, 5.74) is 0.779. The quantitative estimate of drug-likeness (QED) is 0.909. The molecule has 2 aliphatic rings. The molecule has 21 heavy (non-hydrogen) atoms. The number of carboxylic acids is 1. The highest BCUT2D eigenvalue weighted by Gasteiger charge is 2.48. The standard InChI is InChI=1S/C16H21NO4/c1-9-7-10(2)21-14(9)15(18)17-12-6-4-3-5-11(12)8-13(17)16(19)20/h7,11-13H,3-6,8H2,1-2H3,(H,19,20)/t11-,12-,13+/m1/s1. The van der Waals surface area contributed by atoms with Crippen LogP contribution in [0.2, 0.25) is 0 Å². The van der Waals surface area contributed by atoms with Gasteiger partial charge in [0.15, 0.2) is 5.76 Å². The van der Waals surface area contributed by atoms with Gasteiger partial charge in [0.05, 0.1) is 0 Å². The van der Waals surface area contributed by atoms with Gasteiger partial charge in [0.1, 0.15) is 11.8 Å². The number of likely N-dealkylation sites (tertiary alicyclic amines) is 1.